The number of hydrogen-bond donors (Lipinski definition) is 0. The average Bonchev–Trinajstić information content (AvgIpc) is 2.98. The molecule has 1 aromatic rings. The average molecular weight is 330 g/mol. The molecule has 3 rings (SSSR count). The molecule has 0 radical (unpaired) electrons. The second kappa shape index (κ2) is 7.24. The fourth-order valence-corrected chi connectivity index (χ4v) is 3.61. The number of amides is 1. The van der Waals surface area contributed by atoms with E-state index >= 15 is 0 Å². The molecule has 2 saturated heterocycles. The van der Waals surface area contributed by atoms with Gasteiger partial charge in [-0.25, -0.2) is 0 Å². The van der Waals surface area contributed by atoms with Crippen LogP contribution in [0.1, 0.15) is 49.5 Å². The molecular weight excluding hydrogens is 300 g/mol. The van der Waals surface area contributed by atoms with Crippen molar-refractivity contribution in [2.75, 3.05) is 39.4 Å². The van der Waals surface area contributed by atoms with Crippen molar-refractivity contribution in [1.29, 1.82) is 0 Å². The van der Waals surface area contributed by atoms with Crippen LogP contribution in [-0.4, -0.2) is 61.1 Å². The Balaban J connectivity index is 1.62. The van der Waals surface area contributed by atoms with Crippen LogP contribution in [0, 0.1) is 0 Å². The summed E-state index contributed by atoms with van der Waals surface area (Å²) < 4.78 is 5.51. The molecule has 4 nitrogen and oxygen atoms in total. The van der Waals surface area contributed by atoms with Crippen LogP contribution < -0.4 is 0 Å². The lowest BCUT2D eigenvalue weighted by atomic mass is 9.86. The van der Waals surface area contributed by atoms with Crippen LogP contribution in [0.2, 0.25) is 0 Å². The van der Waals surface area contributed by atoms with Crippen LogP contribution in [0.25, 0.3) is 0 Å². The van der Waals surface area contributed by atoms with Crippen molar-refractivity contribution < 1.29 is 9.53 Å². The summed E-state index contributed by atoms with van der Waals surface area (Å²) in [6.45, 7) is 12.0. The van der Waals surface area contributed by atoms with E-state index < -0.39 is 0 Å². The van der Waals surface area contributed by atoms with Crippen molar-refractivity contribution in [2.24, 2.45) is 0 Å². The van der Waals surface area contributed by atoms with Gasteiger partial charge in [-0.05, 0) is 36.0 Å². The minimum Gasteiger partial charge on any atom is -0.380 e. The lowest BCUT2D eigenvalue weighted by molar-refractivity contribution is 0.0756. The molecule has 2 heterocycles. The van der Waals surface area contributed by atoms with Crippen molar-refractivity contribution in [3.63, 3.8) is 0 Å². The van der Waals surface area contributed by atoms with E-state index in [4.69, 9.17) is 4.74 Å². The lowest BCUT2D eigenvalue weighted by Gasteiger charge is -2.26. The van der Waals surface area contributed by atoms with E-state index in [9.17, 15) is 4.79 Å². The molecule has 1 aromatic carbocycles. The van der Waals surface area contributed by atoms with Crippen LogP contribution in [0.5, 0.6) is 0 Å². The number of hydrogen-bond acceptors (Lipinski definition) is 3. The van der Waals surface area contributed by atoms with E-state index in [1.165, 1.54) is 5.56 Å². The zero-order chi connectivity index (χ0) is 17.2. The Kier molecular flexibility index (Phi) is 5.26. The first-order valence-electron chi connectivity index (χ1n) is 9.17. The van der Waals surface area contributed by atoms with Gasteiger partial charge in [0.1, 0.15) is 0 Å². The summed E-state index contributed by atoms with van der Waals surface area (Å²) in [6.07, 6.45) is 2.17. The molecule has 2 aliphatic heterocycles. The Hall–Kier alpha value is -1.39. The number of nitrogens with zero attached hydrogens (tertiary/aromatic N) is 2. The van der Waals surface area contributed by atoms with Crippen LogP contribution in [0.15, 0.2) is 24.3 Å². The summed E-state index contributed by atoms with van der Waals surface area (Å²) >= 11 is 0. The summed E-state index contributed by atoms with van der Waals surface area (Å²) in [5, 5.41) is 0. The molecule has 0 spiro atoms. The van der Waals surface area contributed by atoms with Crippen LogP contribution in [-0.2, 0) is 10.2 Å². The molecule has 4 heteroatoms. The van der Waals surface area contributed by atoms with Gasteiger partial charge in [0.2, 0.25) is 0 Å². The monoisotopic (exact) mass is 330 g/mol. The molecule has 1 amide bonds. The number of ether oxygens (including phenoxy) is 1. The number of carbonyl (C=O) groups is 1. The third-order valence-electron chi connectivity index (χ3n) is 5.24. The summed E-state index contributed by atoms with van der Waals surface area (Å²) in [6, 6.07) is 8.69. The van der Waals surface area contributed by atoms with Gasteiger partial charge in [-0.3, -0.25) is 9.69 Å². The van der Waals surface area contributed by atoms with E-state index in [1.807, 2.05) is 17.0 Å². The van der Waals surface area contributed by atoms with Crippen LogP contribution in [0.3, 0.4) is 0 Å². The third kappa shape index (κ3) is 3.98. The van der Waals surface area contributed by atoms with Gasteiger partial charge in [-0.15, -0.1) is 0 Å². The van der Waals surface area contributed by atoms with E-state index in [0.29, 0.717) is 6.04 Å². The standard InChI is InChI=1S/C20H30N2O2/c1-20(2,3)17-7-5-16(6-8-17)19(23)22-11-4-10-21(12-13-22)18-9-14-24-15-18/h5-8,18H,4,9-15H2,1-3H3. The van der Waals surface area contributed by atoms with Gasteiger partial charge in [0, 0.05) is 44.4 Å². The van der Waals surface area contributed by atoms with Gasteiger partial charge in [0.15, 0.2) is 0 Å². The maximum absolute atomic E-state index is 12.8. The highest BCUT2D eigenvalue weighted by molar-refractivity contribution is 5.94. The molecule has 0 N–H and O–H groups in total. The SMILES string of the molecule is CC(C)(C)c1ccc(C(=O)N2CCCN(C3CCOC3)CC2)cc1. The molecule has 1 unspecified atom stereocenters. The topological polar surface area (TPSA) is 32.8 Å². The first kappa shape index (κ1) is 17.4. The molecule has 0 saturated carbocycles. The Bertz CT molecular complexity index is 556. The van der Waals surface area contributed by atoms with Gasteiger partial charge in [-0.1, -0.05) is 32.9 Å². The Morgan fingerprint density at radius 1 is 1.08 bits per heavy atom. The van der Waals surface area contributed by atoms with Crippen molar-refractivity contribution in [2.45, 2.75) is 45.1 Å². The van der Waals surface area contributed by atoms with Crippen molar-refractivity contribution in [3.8, 4) is 0 Å². The summed E-state index contributed by atoms with van der Waals surface area (Å²) in [7, 11) is 0. The number of benzene rings is 1. The molecule has 0 bridgehead atoms. The van der Waals surface area contributed by atoms with Gasteiger partial charge < -0.3 is 9.64 Å². The van der Waals surface area contributed by atoms with E-state index in [-0.39, 0.29) is 11.3 Å². The molecule has 1 atom stereocenters. The van der Waals surface area contributed by atoms with Crippen molar-refractivity contribution in [1.82, 2.24) is 9.80 Å². The summed E-state index contributed by atoms with van der Waals surface area (Å²) in [4.78, 5) is 17.3. The predicted octanol–water partition coefficient (Wildman–Crippen LogP) is 2.92. The minimum absolute atomic E-state index is 0.119. The van der Waals surface area contributed by atoms with E-state index in [1.54, 1.807) is 0 Å². The van der Waals surface area contributed by atoms with Gasteiger partial charge in [0.05, 0.1) is 6.61 Å². The van der Waals surface area contributed by atoms with E-state index in [2.05, 4.69) is 37.8 Å². The third-order valence-corrected chi connectivity index (χ3v) is 5.24. The lowest BCUT2D eigenvalue weighted by Crippen LogP contribution is -2.39. The molecule has 2 aliphatic rings. The van der Waals surface area contributed by atoms with E-state index in [0.717, 1.165) is 57.8 Å². The molecule has 132 valence electrons. The van der Waals surface area contributed by atoms with Crippen LogP contribution in [0.4, 0.5) is 0 Å². The highest BCUT2D eigenvalue weighted by atomic mass is 16.5. The first-order chi connectivity index (χ1) is 11.4. The van der Waals surface area contributed by atoms with Gasteiger partial charge in [0.25, 0.3) is 5.91 Å². The van der Waals surface area contributed by atoms with Crippen molar-refractivity contribution in [3.05, 3.63) is 35.4 Å². The maximum Gasteiger partial charge on any atom is 0.253 e. The quantitative estimate of drug-likeness (QED) is 0.836. The zero-order valence-corrected chi connectivity index (χ0v) is 15.3. The smallest absolute Gasteiger partial charge is 0.253 e. The number of carbonyl (C=O) groups excluding carboxylic acids is 1. The van der Waals surface area contributed by atoms with Gasteiger partial charge in [-0.2, -0.15) is 0 Å². The predicted molar refractivity (Wildman–Crippen MR) is 96.5 cm³/mol. The second-order valence-electron chi connectivity index (χ2n) is 8.03. The Morgan fingerprint density at radius 3 is 2.46 bits per heavy atom. The minimum atomic E-state index is 0.119. The maximum atomic E-state index is 12.8. The van der Waals surface area contributed by atoms with Gasteiger partial charge >= 0.3 is 0 Å². The second-order valence-corrected chi connectivity index (χ2v) is 8.03. The molecule has 2 fully saturated rings. The summed E-state index contributed by atoms with van der Waals surface area (Å²) in [5.41, 5.74) is 2.19. The molecular formula is C20H30N2O2. The Labute approximate surface area is 145 Å². The fourth-order valence-electron chi connectivity index (χ4n) is 3.61. The first-order valence-corrected chi connectivity index (χ1v) is 9.17. The Morgan fingerprint density at radius 2 is 1.83 bits per heavy atom. The normalized spacial score (nSPS) is 23.3. The molecule has 0 aliphatic carbocycles. The summed E-state index contributed by atoms with van der Waals surface area (Å²) in [5.74, 6) is 0.167. The van der Waals surface area contributed by atoms with Crippen LogP contribution >= 0.6 is 0 Å². The largest absolute Gasteiger partial charge is 0.380 e. The zero-order valence-electron chi connectivity index (χ0n) is 15.3. The number of rotatable bonds is 2. The molecule has 0 aromatic heterocycles. The van der Waals surface area contributed by atoms with Crippen molar-refractivity contribution >= 4 is 5.91 Å². The fraction of sp³-hybridized carbons (Fsp3) is 0.650. The molecule has 24 heavy (non-hydrogen) atoms. The highest BCUT2D eigenvalue weighted by Crippen LogP contribution is 2.23. The highest BCUT2D eigenvalue weighted by Gasteiger charge is 2.27.